The molecule has 0 radical (unpaired) electrons. The first-order valence-electron chi connectivity index (χ1n) is 10.8. The fourth-order valence-corrected chi connectivity index (χ4v) is 4.22. The summed E-state index contributed by atoms with van der Waals surface area (Å²) in [6, 6.07) is 18.0. The van der Waals surface area contributed by atoms with Gasteiger partial charge in [0.15, 0.2) is 0 Å². The van der Waals surface area contributed by atoms with Gasteiger partial charge in [0.05, 0.1) is 5.56 Å². The maximum atomic E-state index is 14.0. The van der Waals surface area contributed by atoms with Gasteiger partial charge in [0, 0.05) is 43.2 Å². The average molecular weight is 430 g/mol. The van der Waals surface area contributed by atoms with Gasteiger partial charge in [0.2, 0.25) is 11.7 Å². The molecule has 1 saturated heterocycles. The van der Waals surface area contributed by atoms with Crippen LogP contribution in [-0.2, 0) is 6.42 Å². The molecule has 5 rings (SSSR count). The normalized spacial score (nSPS) is 16.3. The van der Waals surface area contributed by atoms with E-state index >= 15 is 0 Å². The lowest BCUT2D eigenvalue weighted by atomic mass is 9.94. The molecule has 0 N–H and O–H groups in total. The third kappa shape index (κ3) is 4.19. The summed E-state index contributed by atoms with van der Waals surface area (Å²) in [6.07, 6.45) is 6.42. The van der Waals surface area contributed by atoms with Crippen LogP contribution in [-0.4, -0.2) is 38.6 Å². The smallest absolute Gasteiger partial charge is 0.253 e. The Balaban J connectivity index is 1.24. The standard InChI is InChI=1S/C25H23FN4O2/c26-22-8-2-1-7-21(22)24-27-23(32-28-24)16-18-6-5-15-30(17-18)25(31)19-9-11-20(12-10-19)29-13-3-4-14-29/h1-4,7-14,18H,5-6,15-17H2/t18-/m1/s1. The monoisotopic (exact) mass is 430 g/mol. The number of rotatable bonds is 5. The second kappa shape index (κ2) is 8.78. The molecule has 1 atom stereocenters. The van der Waals surface area contributed by atoms with Gasteiger partial charge in [0.25, 0.3) is 5.91 Å². The first-order chi connectivity index (χ1) is 15.7. The summed E-state index contributed by atoms with van der Waals surface area (Å²) < 4.78 is 21.4. The molecule has 0 bridgehead atoms. The van der Waals surface area contributed by atoms with E-state index in [2.05, 4.69) is 10.1 Å². The highest BCUT2D eigenvalue weighted by atomic mass is 19.1. The van der Waals surface area contributed by atoms with Crippen molar-refractivity contribution in [1.82, 2.24) is 19.6 Å². The zero-order valence-corrected chi connectivity index (χ0v) is 17.5. The van der Waals surface area contributed by atoms with Gasteiger partial charge in [-0.1, -0.05) is 17.3 Å². The lowest BCUT2D eigenvalue weighted by Gasteiger charge is -2.32. The molecule has 4 aromatic rings. The Morgan fingerprint density at radius 1 is 1.06 bits per heavy atom. The number of piperidine rings is 1. The Morgan fingerprint density at radius 3 is 2.62 bits per heavy atom. The van der Waals surface area contributed by atoms with Crippen molar-refractivity contribution in [3.8, 4) is 17.1 Å². The van der Waals surface area contributed by atoms with Crippen LogP contribution in [0.5, 0.6) is 0 Å². The second-order valence-corrected chi connectivity index (χ2v) is 8.09. The van der Waals surface area contributed by atoms with E-state index in [-0.39, 0.29) is 23.5 Å². The van der Waals surface area contributed by atoms with Gasteiger partial charge < -0.3 is 14.0 Å². The van der Waals surface area contributed by atoms with Crippen molar-refractivity contribution in [3.63, 3.8) is 0 Å². The number of likely N-dealkylation sites (tertiary alicyclic amines) is 1. The number of aromatic nitrogens is 3. The molecule has 1 fully saturated rings. The third-order valence-electron chi connectivity index (χ3n) is 5.87. The van der Waals surface area contributed by atoms with Crippen LogP contribution in [0, 0.1) is 11.7 Å². The van der Waals surface area contributed by atoms with E-state index in [1.807, 2.05) is 58.3 Å². The van der Waals surface area contributed by atoms with Gasteiger partial charge >= 0.3 is 0 Å². The second-order valence-electron chi connectivity index (χ2n) is 8.09. The molecular weight excluding hydrogens is 407 g/mol. The molecule has 2 aromatic heterocycles. The van der Waals surface area contributed by atoms with Crippen LogP contribution in [0.3, 0.4) is 0 Å². The first-order valence-corrected chi connectivity index (χ1v) is 10.8. The number of nitrogens with zero attached hydrogens (tertiary/aromatic N) is 4. The Morgan fingerprint density at radius 2 is 1.84 bits per heavy atom. The maximum absolute atomic E-state index is 14.0. The number of hydrogen-bond donors (Lipinski definition) is 0. The van der Waals surface area contributed by atoms with E-state index in [0.29, 0.717) is 30.0 Å². The van der Waals surface area contributed by atoms with Gasteiger partial charge in [-0.2, -0.15) is 4.98 Å². The summed E-state index contributed by atoms with van der Waals surface area (Å²) in [5.41, 5.74) is 2.03. The van der Waals surface area contributed by atoms with E-state index in [9.17, 15) is 9.18 Å². The van der Waals surface area contributed by atoms with Crippen molar-refractivity contribution in [2.24, 2.45) is 5.92 Å². The number of halogens is 1. The van der Waals surface area contributed by atoms with Crippen LogP contribution in [0.25, 0.3) is 17.1 Å². The van der Waals surface area contributed by atoms with Gasteiger partial charge in [-0.3, -0.25) is 4.79 Å². The Kier molecular flexibility index (Phi) is 5.54. The Hall–Kier alpha value is -3.74. The fraction of sp³-hybridized carbons (Fsp3) is 0.240. The lowest BCUT2D eigenvalue weighted by molar-refractivity contribution is 0.0668. The molecule has 7 heteroatoms. The lowest BCUT2D eigenvalue weighted by Crippen LogP contribution is -2.40. The SMILES string of the molecule is O=C(c1ccc(-n2cccc2)cc1)N1CCC[C@H](Cc2nc(-c3ccccc3F)no2)C1. The number of amides is 1. The summed E-state index contributed by atoms with van der Waals surface area (Å²) in [4.78, 5) is 19.3. The Bertz CT molecular complexity index is 1200. The molecule has 32 heavy (non-hydrogen) atoms. The predicted molar refractivity (Wildman–Crippen MR) is 118 cm³/mol. The van der Waals surface area contributed by atoms with Crippen molar-refractivity contribution in [2.45, 2.75) is 19.3 Å². The minimum absolute atomic E-state index is 0.0336. The number of hydrogen-bond acceptors (Lipinski definition) is 4. The summed E-state index contributed by atoms with van der Waals surface area (Å²) in [5.74, 6) is 0.604. The van der Waals surface area contributed by atoms with Crippen LogP contribution in [0.4, 0.5) is 4.39 Å². The van der Waals surface area contributed by atoms with E-state index in [1.165, 1.54) is 6.07 Å². The molecule has 1 aliphatic heterocycles. The van der Waals surface area contributed by atoms with Crippen LogP contribution in [0.2, 0.25) is 0 Å². The van der Waals surface area contributed by atoms with Gasteiger partial charge in [0.1, 0.15) is 5.82 Å². The molecule has 0 unspecified atom stereocenters. The molecule has 0 aliphatic carbocycles. The van der Waals surface area contributed by atoms with Crippen molar-refractivity contribution < 1.29 is 13.7 Å². The van der Waals surface area contributed by atoms with Gasteiger partial charge in [-0.05, 0) is 67.3 Å². The van der Waals surface area contributed by atoms with Crippen molar-refractivity contribution in [1.29, 1.82) is 0 Å². The van der Waals surface area contributed by atoms with E-state index in [4.69, 9.17) is 4.52 Å². The van der Waals surface area contributed by atoms with Crippen molar-refractivity contribution in [2.75, 3.05) is 13.1 Å². The summed E-state index contributed by atoms with van der Waals surface area (Å²) in [6.45, 7) is 1.37. The van der Waals surface area contributed by atoms with Crippen LogP contribution in [0.1, 0.15) is 29.1 Å². The van der Waals surface area contributed by atoms with E-state index in [0.717, 1.165) is 25.1 Å². The van der Waals surface area contributed by atoms with Gasteiger partial charge in [-0.15, -0.1) is 0 Å². The highest BCUT2D eigenvalue weighted by Gasteiger charge is 2.26. The molecule has 1 aliphatic rings. The average Bonchev–Trinajstić information content (AvgIpc) is 3.52. The number of carbonyl (C=O) groups excluding carboxylic acids is 1. The molecule has 6 nitrogen and oxygen atoms in total. The van der Waals surface area contributed by atoms with Crippen LogP contribution < -0.4 is 0 Å². The fourth-order valence-electron chi connectivity index (χ4n) is 4.22. The zero-order chi connectivity index (χ0) is 21.9. The van der Waals surface area contributed by atoms with E-state index < -0.39 is 0 Å². The minimum atomic E-state index is -0.378. The maximum Gasteiger partial charge on any atom is 0.253 e. The summed E-state index contributed by atoms with van der Waals surface area (Å²) >= 11 is 0. The number of benzene rings is 2. The highest BCUT2D eigenvalue weighted by Crippen LogP contribution is 2.24. The van der Waals surface area contributed by atoms with Crippen LogP contribution in [0.15, 0.2) is 77.6 Å². The Labute approximate surface area is 185 Å². The third-order valence-corrected chi connectivity index (χ3v) is 5.87. The predicted octanol–water partition coefficient (Wildman–Crippen LogP) is 4.76. The van der Waals surface area contributed by atoms with Crippen LogP contribution >= 0.6 is 0 Å². The summed E-state index contributed by atoms with van der Waals surface area (Å²) in [7, 11) is 0. The zero-order valence-electron chi connectivity index (χ0n) is 17.5. The molecule has 0 saturated carbocycles. The first kappa shape index (κ1) is 20.2. The van der Waals surface area contributed by atoms with Crippen molar-refractivity contribution in [3.05, 3.63) is 90.3 Å². The van der Waals surface area contributed by atoms with E-state index in [1.54, 1.807) is 18.2 Å². The highest BCUT2D eigenvalue weighted by molar-refractivity contribution is 5.94. The molecule has 1 amide bonds. The van der Waals surface area contributed by atoms with Crippen molar-refractivity contribution >= 4 is 5.91 Å². The molecular formula is C25H23FN4O2. The summed E-state index contributed by atoms with van der Waals surface area (Å²) in [5, 5.41) is 3.94. The quantitative estimate of drug-likeness (QED) is 0.458. The van der Waals surface area contributed by atoms with Gasteiger partial charge in [-0.25, -0.2) is 4.39 Å². The molecule has 162 valence electrons. The largest absolute Gasteiger partial charge is 0.339 e. The molecule has 2 aromatic carbocycles. The number of carbonyl (C=O) groups is 1. The molecule has 0 spiro atoms. The molecule has 3 heterocycles. The minimum Gasteiger partial charge on any atom is -0.339 e. The topological polar surface area (TPSA) is 64.2 Å².